The maximum atomic E-state index is 11.1. The summed E-state index contributed by atoms with van der Waals surface area (Å²) in [7, 11) is 0. The molecule has 0 aromatic carbocycles. The van der Waals surface area contributed by atoms with E-state index in [4.69, 9.17) is 0 Å². The summed E-state index contributed by atoms with van der Waals surface area (Å²) in [5.74, 6) is 0. The van der Waals surface area contributed by atoms with Crippen LogP contribution in [0.15, 0.2) is 15.8 Å². The van der Waals surface area contributed by atoms with Gasteiger partial charge in [0.2, 0.25) is 0 Å². The predicted molar refractivity (Wildman–Crippen MR) is 48.5 cm³/mol. The van der Waals surface area contributed by atoms with Gasteiger partial charge in [0.15, 0.2) is 0 Å². The number of carbonyl (C=O) groups excluding carboxylic acids is 1. The highest BCUT2D eigenvalue weighted by atomic mass is 16.5. The van der Waals surface area contributed by atoms with Gasteiger partial charge in [0.1, 0.15) is 0 Å². The number of aromatic amines is 1. The van der Waals surface area contributed by atoms with Crippen molar-refractivity contribution in [2.75, 3.05) is 6.61 Å². The Kier molecular flexibility index (Phi) is 2.85. The molecule has 0 saturated heterocycles. The molecule has 1 rings (SSSR count). The van der Waals surface area contributed by atoms with Crippen LogP contribution in [0.3, 0.4) is 0 Å². The van der Waals surface area contributed by atoms with Crippen molar-refractivity contribution >= 4 is 6.09 Å². The van der Waals surface area contributed by atoms with Crippen molar-refractivity contribution in [3.8, 4) is 0 Å². The molecule has 0 radical (unpaired) electrons. The number of nitrogens with zero attached hydrogens (tertiary/aromatic N) is 1. The molecular weight excluding hydrogens is 188 g/mol. The van der Waals surface area contributed by atoms with Crippen molar-refractivity contribution in [2.45, 2.75) is 13.8 Å². The van der Waals surface area contributed by atoms with Crippen molar-refractivity contribution < 1.29 is 9.53 Å². The molecular formula is C8H10N2O4. The first-order valence-electron chi connectivity index (χ1n) is 4.06. The van der Waals surface area contributed by atoms with E-state index in [0.29, 0.717) is 0 Å². The summed E-state index contributed by atoms with van der Waals surface area (Å²) < 4.78 is 5.33. The maximum Gasteiger partial charge on any atom is 0.422 e. The molecule has 0 aliphatic rings. The van der Waals surface area contributed by atoms with Crippen LogP contribution in [0.25, 0.3) is 0 Å². The van der Waals surface area contributed by atoms with E-state index in [9.17, 15) is 14.4 Å². The molecule has 6 heteroatoms. The number of H-pyrrole nitrogens is 1. The number of aromatic nitrogens is 2. The Balaban J connectivity index is 3.23. The van der Waals surface area contributed by atoms with Crippen LogP contribution in [0.4, 0.5) is 4.79 Å². The largest absolute Gasteiger partial charge is 0.449 e. The van der Waals surface area contributed by atoms with Gasteiger partial charge in [0.05, 0.1) is 6.61 Å². The minimum Gasteiger partial charge on any atom is -0.449 e. The second kappa shape index (κ2) is 3.91. The third-order valence-electron chi connectivity index (χ3n) is 1.58. The van der Waals surface area contributed by atoms with Crippen LogP contribution in [-0.2, 0) is 4.74 Å². The smallest absolute Gasteiger partial charge is 0.422 e. The molecule has 14 heavy (non-hydrogen) atoms. The van der Waals surface area contributed by atoms with E-state index >= 15 is 0 Å². The zero-order valence-corrected chi connectivity index (χ0v) is 7.86. The Labute approximate surface area is 79.1 Å². The lowest BCUT2D eigenvalue weighted by Crippen LogP contribution is -2.35. The van der Waals surface area contributed by atoms with Crippen LogP contribution in [-0.4, -0.2) is 22.3 Å². The van der Waals surface area contributed by atoms with E-state index in [1.165, 1.54) is 6.92 Å². The van der Waals surface area contributed by atoms with Crippen LogP contribution in [0.1, 0.15) is 12.5 Å². The number of rotatable bonds is 1. The van der Waals surface area contributed by atoms with E-state index in [0.717, 1.165) is 10.8 Å². The van der Waals surface area contributed by atoms with E-state index < -0.39 is 17.3 Å². The Morgan fingerprint density at radius 2 is 2.21 bits per heavy atom. The molecule has 1 heterocycles. The summed E-state index contributed by atoms with van der Waals surface area (Å²) in [5, 5.41) is 0. The van der Waals surface area contributed by atoms with Gasteiger partial charge < -0.3 is 4.74 Å². The van der Waals surface area contributed by atoms with Crippen LogP contribution >= 0.6 is 0 Å². The molecule has 1 N–H and O–H groups in total. The van der Waals surface area contributed by atoms with Crippen LogP contribution in [0.5, 0.6) is 0 Å². The van der Waals surface area contributed by atoms with Gasteiger partial charge in [-0.25, -0.2) is 14.2 Å². The van der Waals surface area contributed by atoms with Crippen molar-refractivity contribution in [3.05, 3.63) is 32.6 Å². The van der Waals surface area contributed by atoms with Gasteiger partial charge >= 0.3 is 11.8 Å². The van der Waals surface area contributed by atoms with Crippen LogP contribution < -0.4 is 11.2 Å². The summed E-state index contributed by atoms with van der Waals surface area (Å²) in [6.07, 6.45) is 0.357. The normalized spacial score (nSPS) is 9.86. The summed E-state index contributed by atoms with van der Waals surface area (Å²) in [6.45, 7) is 3.29. The van der Waals surface area contributed by atoms with Gasteiger partial charge in [-0.1, -0.05) is 0 Å². The highest BCUT2D eigenvalue weighted by Gasteiger charge is 2.08. The van der Waals surface area contributed by atoms with Crippen LogP contribution in [0, 0.1) is 6.92 Å². The molecule has 0 aliphatic heterocycles. The van der Waals surface area contributed by atoms with Gasteiger partial charge in [0, 0.05) is 11.8 Å². The van der Waals surface area contributed by atoms with E-state index in [1.54, 1.807) is 6.92 Å². The van der Waals surface area contributed by atoms with E-state index in [1.807, 2.05) is 4.98 Å². The van der Waals surface area contributed by atoms with E-state index in [-0.39, 0.29) is 12.2 Å². The van der Waals surface area contributed by atoms with Gasteiger partial charge in [-0.3, -0.25) is 9.78 Å². The average molecular weight is 198 g/mol. The Bertz CT molecular complexity index is 457. The SMILES string of the molecule is CCOC(=O)n1cc(C)c(=O)[nH]c1=O. The predicted octanol–water partition coefficient (Wildman–Crippen LogP) is -0.150. The Morgan fingerprint density at radius 1 is 1.57 bits per heavy atom. The van der Waals surface area contributed by atoms with Crippen molar-refractivity contribution in [3.63, 3.8) is 0 Å². The second-order valence-electron chi connectivity index (χ2n) is 2.64. The first-order chi connectivity index (χ1) is 6.56. The monoisotopic (exact) mass is 198 g/mol. The molecule has 0 unspecified atom stereocenters. The lowest BCUT2D eigenvalue weighted by Gasteiger charge is -2.03. The molecule has 1 aromatic rings. The second-order valence-corrected chi connectivity index (χ2v) is 2.64. The summed E-state index contributed by atoms with van der Waals surface area (Å²) >= 11 is 0. The zero-order chi connectivity index (χ0) is 10.7. The molecule has 1 aromatic heterocycles. The van der Waals surface area contributed by atoms with Gasteiger partial charge in [0.25, 0.3) is 5.56 Å². The number of hydrogen-bond donors (Lipinski definition) is 1. The first kappa shape index (κ1) is 10.2. The standard InChI is InChI=1S/C8H10N2O4/c1-3-14-8(13)10-4-5(2)6(11)9-7(10)12/h4H,3H2,1-2H3,(H,9,11,12). The zero-order valence-electron chi connectivity index (χ0n) is 7.86. The molecule has 0 amide bonds. The lowest BCUT2D eigenvalue weighted by atomic mass is 10.4. The number of carbonyl (C=O) groups is 1. The fraction of sp³-hybridized carbons (Fsp3) is 0.375. The molecule has 76 valence electrons. The topological polar surface area (TPSA) is 81.2 Å². The van der Waals surface area contributed by atoms with Crippen molar-refractivity contribution in [1.82, 2.24) is 9.55 Å². The molecule has 0 saturated carbocycles. The molecule has 6 nitrogen and oxygen atoms in total. The minimum absolute atomic E-state index is 0.170. The molecule has 0 atom stereocenters. The molecule has 0 aliphatic carbocycles. The Hall–Kier alpha value is -1.85. The van der Waals surface area contributed by atoms with Crippen LogP contribution in [0.2, 0.25) is 0 Å². The molecule has 0 fully saturated rings. The maximum absolute atomic E-state index is 11.1. The number of nitrogens with one attached hydrogen (secondary N) is 1. The minimum atomic E-state index is -0.795. The third-order valence-corrected chi connectivity index (χ3v) is 1.58. The fourth-order valence-corrected chi connectivity index (χ4v) is 0.895. The molecule has 0 bridgehead atoms. The van der Waals surface area contributed by atoms with E-state index in [2.05, 4.69) is 4.74 Å². The molecule has 0 spiro atoms. The highest BCUT2D eigenvalue weighted by Crippen LogP contribution is 1.87. The number of ether oxygens (including phenoxy) is 1. The average Bonchev–Trinajstić information content (AvgIpc) is 2.11. The quantitative estimate of drug-likeness (QED) is 0.680. The highest BCUT2D eigenvalue weighted by molar-refractivity contribution is 5.69. The summed E-state index contributed by atoms with van der Waals surface area (Å²) in [5.41, 5.74) is -1.02. The number of hydrogen-bond acceptors (Lipinski definition) is 4. The lowest BCUT2D eigenvalue weighted by molar-refractivity contribution is 0.152. The number of aryl methyl sites for hydroxylation is 1. The first-order valence-corrected chi connectivity index (χ1v) is 4.06. The summed E-state index contributed by atoms with van der Waals surface area (Å²) in [6, 6.07) is 0. The third kappa shape index (κ3) is 1.90. The summed E-state index contributed by atoms with van der Waals surface area (Å²) in [4.78, 5) is 35.2. The van der Waals surface area contributed by atoms with Gasteiger partial charge in [-0.05, 0) is 13.8 Å². The van der Waals surface area contributed by atoms with Crippen molar-refractivity contribution in [2.24, 2.45) is 0 Å². The van der Waals surface area contributed by atoms with Crippen molar-refractivity contribution in [1.29, 1.82) is 0 Å². The Morgan fingerprint density at radius 3 is 2.79 bits per heavy atom. The van der Waals surface area contributed by atoms with Gasteiger partial charge in [-0.2, -0.15) is 0 Å². The fourth-order valence-electron chi connectivity index (χ4n) is 0.895. The van der Waals surface area contributed by atoms with Gasteiger partial charge in [-0.15, -0.1) is 0 Å².